The normalized spacial score (nSPS) is 11.0. The summed E-state index contributed by atoms with van der Waals surface area (Å²) in [6.07, 6.45) is 12.8. The van der Waals surface area contributed by atoms with Crippen LogP contribution in [0.25, 0.3) is 0 Å². The average molecular weight is 358 g/mol. The van der Waals surface area contributed by atoms with Gasteiger partial charge < -0.3 is 5.32 Å². The second-order valence-electron chi connectivity index (χ2n) is 6.22. The van der Waals surface area contributed by atoms with E-state index >= 15 is 0 Å². The van der Waals surface area contributed by atoms with Crippen molar-refractivity contribution in [2.24, 2.45) is 0 Å². The molecule has 0 fully saturated rings. The molecule has 1 rings (SSSR count). The monoisotopic (exact) mass is 357 g/mol. The molecule has 0 unspecified atom stereocenters. The highest BCUT2D eigenvalue weighted by Gasteiger charge is 2.06. The SMILES string of the molecule is CCCCCCCCCCCNC.Cc1ccc(S(=O)(=O)O)cc1. The van der Waals surface area contributed by atoms with Crippen molar-refractivity contribution in [3.8, 4) is 0 Å². The summed E-state index contributed by atoms with van der Waals surface area (Å²) in [4.78, 5) is -0.0666. The van der Waals surface area contributed by atoms with E-state index in [-0.39, 0.29) is 4.90 Å². The van der Waals surface area contributed by atoms with Gasteiger partial charge in [0.1, 0.15) is 0 Å². The van der Waals surface area contributed by atoms with E-state index in [1.165, 1.54) is 76.5 Å². The number of unbranched alkanes of at least 4 members (excludes halogenated alkanes) is 8. The molecule has 0 amide bonds. The fourth-order valence-corrected chi connectivity index (χ4v) is 2.80. The lowest BCUT2D eigenvalue weighted by atomic mass is 10.1. The molecule has 0 aromatic heterocycles. The molecule has 4 nitrogen and oxygen atoms in total. The fourth-order valence-electron chi connectivity index (χ4n) is 2.32. The van der Waals surface area contributed by atoms with E-state index in [0.717, 1.165) is 5.56 Å². The molecule has 140 valence electrons. The summed E-state index contributed by atoms with van der Waals surface area (Å²) < 4.78 is 29.6. The Bertz CT molecular complexity index is 488. The van der Waals surface area contributed by atoms with E-state index in [4.69, 9.17) is 4.55 Å². The van der Waals surface area contributed by atoms with Crippen molar-refractivity contribution in [1.29, 1.82) is 0 Å². The van der Waals surface area contributed by atoms with Crippen molar-refractivity contribution < 1.29 is 13.0 Å². The molecule has 0 aliphatic heterocycles. The molecular formula is C19H35NO3S. The van der Waals surface area contributed by atoms with E-state index in [0.29, 0.717) is 0 Å². The maximum absolute atomic E-state index is 10.5. The topological polar surface area (TPSA) is 66.4 Å². The van der Waals surface area contributed by atoms with Crippen LogP contribution in [0.1, 0.15) is 70.3 Å². The van der Waals surface area contributed by atoms with Crippen LogP contribution in [0.15, 0.2) is 29.2 Å². The van der Waals surface area contributed by atoms with Gasteiger partial charge in [-0.25, -0.2) is 0 Å². The third-order valence-corrected chi connectivity index (χ3v) is 4.72. The molecule has 0 bridgehead atoms. The van der Waals surface area contributed by atoms with Crippen LogP contribution in [0.2, 0.25) is 0 Å². The maximum atomic E-state index is 10.5. The Labute approximate surface area is 148 Å². The lowest BCUT2D eigenvalue weighted by Crippen LogP contribution is -2.06. The molecule has 0 atom stereocenters. The van der Waals surface area contributed by atoms with Gasteiger partial charge in [-0.2, -0.15) is 8.42 Å². The first-order valence-electron chi connectivity index (χ1n) is 9.10. The summed E-state index contributed by atoms with van der Waals surface area (Å²) in [5.74, 6) is 0. The van der Waals surface area contributed by atoms with Gasteiger partial charge in [0.25, 0.3) is 10.1 Å². The summed E-state index contributed by atoms with van der Waals surface area (Å²) in [7, 11) is -1.99. The predicted molar refractivity (Wildman–Crippen MR) is 102 cm³/mol. The lowest BCUT2D eigenvalue weighted by Gasteiger charge is -2.01. The molecule has 0 aliphatic carbocycles. The quantitative estimate of drug-likeness (QED) is 0.433. The summed E-state index contributed by atoms with van der Waals surface area (Å²) in [6.45, 7) is 5.31. The summed E-state index contributed by atoms with van der Waals surface area (Å²) in [5, 5.41) is 3.19. The van der Waals surface area contributed by atoms with Gasteiger partial charge in [0, 0.05) is 0 Å². The van der Waals surface area contributed by atoms with Gasteiger partial charge in [-0.15, -0.1) is 0 Å². The first kappa shape index (κ1) is 23.1. The van der Waals surface area contributed by atoms with E-state index in [1.807, 2.05) is 14.0 Å². The van der Waals surface area contributed by atoms with Crippen LogP contribution in [0.4, 0.5) is 0 Å². The van der Waals surface area contributed by atoms with Gasteiger partial charge in [0.05, 0.1) is 4.90 Å². The number of aryl methyl sites for hydroxylation is 1. The average Bonchev–Trinajstić information content (AvgIpc) is 2.53. The number of hydrogen-bond donors (Lipinski definition) is 2. The van der Waals surface area contributed by atoms with Crippen molar-refractivity contribution in [1.82, 2.24) is 5.32 Å². The van der Waals surface area contributed by atoms with Crippen LogP contribution < -0.4 is 5.32 Å². The molecule has 0 saturated heterocycles. The zero-order valence-corrected chi connectivity index (χ0v) is 16.4. The molecule has 0 heterocycles. The van der Waals surface area contributed by atoms with Crippen molar-refractivity contribution in [3.05, 3.63) is 29.8 Å². The highest BCUT2D eigenvalue weighted by Crippen LogP contribution is 2.09. The van der Waals surface area contributed by atoms with Gasteiger partial charge in [0.2, 0.25) is 0 Å². The van der Waals surface area contributed by atoms with Crippen LogP contribution >= 0.6 is 0 Å². The molecule has 1 aromatic rings. The second kappa shape index (κ2) is 14.4. The maximum Gasteiger partial charge on any atom is 0.294 e. The summed E-state index contributed by atoms with van der Waals surface area (Å²) in [5.41, 5.74) is 0.956. The Morgan fingerprint density at radius 1 is 0.875 bits per heavy atom. The summed E-state index contributed by atoms with van der Waals surface area (Å²) in [6, 6.07) is 5.99. The van der Waals surface area contributed by atoms with E-state index in [2.05, 4.69) is 12.2 Å². The van der Waals surface area contributed by atoms with Gasteiger partial charge >= 0.3 is 0 Å². The number of rotatable bonds is 11. The zero-order chi connectivity index (χ0) is 18.3. The van der Waals surface area contributed by atoms with Crippen molar-refractivity contribution in [2.75, 3.05) is 13.6 Å². The van der Waals surface area contributed by atoms with Crippen LogP contribution in [0.3, 0.4) is 0 Å². The highest BCUT2D eigenvalue weighted by molar-refractivity contribution is 7.85. The lowest BCUT2D eigenvalue weighted by molar-refractivity contribution is 0.483. The van der Waals surface area contributed by atoms with Crippen LogP contribution in [0, 0.1) is 6.92 Å². The molecule has 1 aromatic carbocycles. The molecule has 24 heavy (non-hydrogen) atoms. The van der Waals surface area contributed by atoms with Gasteiger partial charge in [-0.1, -0.05) is 76.0 Å². The Morgan fingerprint density at radius 3 is 1.75 bits per heavy atom. The molecule has 0 saturated carbocycles. The number of nitrogens with one attached hydrogen (secondary N) is 1. The van der Waals surface area contributed by atoms with Crippen molar-refractivity contribution in [3.63, 3.8) is 0 Å². The first-order valence-corrected chi connectivity index (χ1v) is 10.5. The Kier molecular flexibility index (Phi) is 13.9. The van der Waals surface area contributed by atoms with E-state index in [1.54, 1.807) is 12.1 Å². The minimum atomic E-state index is -4.02. The second-order valence-corrected chi connectivity index (χ2v) is 7.64. The van der Waals surface area contributed by atoms with Gasteiger partial charge in [-0.05, 0) is 39.1 Å². The highest BCUT2D eigenvalue weighted by atomic mass is 32.2. The van der Waals surface area contributed by atoms with Gasteiger partial charge in [-0.3, -0.25) is 4.55 Å². The Hall–Kier alpha value is -0.910. The van der Waals surface area contributed by atoms with Crippen LogP contribution in [-0.2, 0) is 10.1 Å². The molecule has 5 heteroatoms. The summed E-state index contributed by atoms with van der Waals surface area (Å²) >= 11 is 0. The van der Waals surface area contributed by atoms with E-state index in [9.17, 15) is 8.42 Å². The minimum absolute atomic E-state index is 0.0666. The van der Waals surface area contributed by atoms with E-state index < -0.39 is 10.1 Å². The first-order chi connectivity index (χ1) is 11.4. The molecule has 0 spiro atoms. The smallest absolute Gasteiger partial charge is 0.294 e. The standard InChI is InChI=1S/C12H27N.C7H8O3S/c1-3-4-5-6-7-8-9-10-11-12-13-2;1-6-2-4-7(5-3-6)11(8,9)10/h13H,3-12H2,1-2H3;2-5H,1H3,(H,8,9,10). The molecule has 2 N–H and O–H groups in total. The Balaban J connectivity index is 0.000000446. The zero-order valence-electron chi connectivity index (χ0n) is 15.6. The van der Waals surface area contributed by atoms with Crippen molar-refractivity contribution >= 4 is 10.1 Å². The predicted octanol–water partition coefficient (Wildman–Crippen LogP) is 4.98. The van der Waals surface area contributed by atoms with Crippen molar-refractivity contribution in [2.45, 2.75) is 76.5 Å². The largest absolute Gasteiger partial charge is 0.320 e. The molecule has 0 radical (unpaired) electrons. The number of hydrogen-bond acceptors (Lipinski definition) is 3. The molecule has 0 aliphatic rings. The van der Waals surface area contributed by atoms with Crippen LogP contribution in [0.5, 0.6) is 0 Å². The van der Waals surface area contributed by atoms with Crippen LogP contribution in [-0.4, -0.2) is 26.6 Å². The fraction of sp³-hybridized carbons (Fsp3) is 0.684. The minimum Gasteiger partial charge on any atom is -0.320 e. The third-order valence-electron chi connectivity index (χ3n) is 3.85. The molecular weight excluding hydrogens is 322 g/mol. The number of benzene rings is 1. The third kappa shape index (κ3) is 13.5. The van der Waals surface area contributed by atoms with Gasteiger partial charge in [0.15, 0.2) is 0 Å². The Morgan fingerprint density at radius 2 is 1.33 bits per heavy atom.